The summed E-state index contributed by atoms with van der Waals surface area (Å²) < 4.78 is 16.6. The highest BCUT2D eigenvalue weighted by atomic mass is 35.5. The van der Waals surface area contributed by atoms with Crippen molar-refractivity contribution in [1.82, 2.24) is 0 Å². The van der Waals surface area contributed by atoms with Crippen LogP contribution >= 0.6 is 22.9 Å². The molecule has 2 heterocycles. The lowest BCUT2D eigenvalue weighted by Gasteiger charge is -2.26. The Labute approximate surface area is 178 Å². The maximum Gasteiger partial charge on any atom is 0.225 e. The Hall–Kier alpha value is -2.70. The predicted molar refractivity (Wildman–Crippen MR) is 116 cm³/mol. The van der Waals surface area contributed by atoms with Gasteiger partial charge in [-0.3, -0.25) is 4.79 Å². The maximum atomic E-state index is 12.6. The van der Waals surface area contributed by atoms with E-state index in [-0.39, 0.29) is 11.8 Å². The van der Waals surface area contributed by atoms with Crippen LogP contribution in [0.5, 0.6) is 17.2 Å². The van der Waals surface area contributed by atoms with Crippen LogP contribution in [0.4, 0.5) is 5.69 Å². The lowest BCUT2D eigenvalue weighted by molar-refractivity contribution is -0.116. The van der Waals surface area contributed by atoms with E-state index < -0.39 is 0 Å². The van der Waals surface area contributed by atoms with E-state index in [9.17, 15) is 4.79 Å². The average molecular weight is 430 g/mol. The minimum Gasteiger partial charge on any atom is -0.493 e. The van der Waals surface area contributed by atoms with Gasteiger partial charge in [-0.2, -0.15) is 0 Å². The number of hydrogen-bond donors (Lipinski definition) is 1. The van der Waals surface area contributed by atoms with Crippen molar-refractivity contribution in [2.24, 2.45) is 0 Å². The minimum atomic E-state index is -0.139. The summed E-state index contributed by atoms with van der Waals surface area (Å²) in [4.78, 5) is 13.7. The van der Waals surface area contributed by atoms with Gasteiger partial charge in [0.1, 0.15) is 0 Å². The second kappa shape index (κ2) is 7.97. The molecule has 150 valence electrons. The van der Waals surface area contributed by atoms with Gasteiger partial charge in [-0.05, 0) is 23.8 Å². The third-order valence-electron chi connectivity index (χ3n) is 5.06. The molecule has 2 aromatic carbocycles. The molecule has 4 rings (SSSR count). The summed E-state index contributed by atoms with van der Waals surface area (Å²) in [6.45, 7) is 0. The van der Waals surface area contributed by atoms with Crippen LogP contribution in [-0.2, 0) is 4.79 Å². The van der Waals surface area contributed by atoms with Crippen molar-refractivity contribution in [2.75, 3.05) is 26.6 Å². The number of amides is 1. The molecule has 1 atom stereocenters. The predicted octanol–water partition coefficient (Wildman–Crippen LogP) is 5.57. The first kappa shape index (κ1) is 19.6. The van der Waals surface area contributed by atoms with Crippen LogP contribution in [-0.4, -0.2) is 27.2 Å². The molecule has 29 heavy (non-hydrogen) atoms. The third kappa shape index (κ3) is 3.43. The van der Waals surface area contributed by atoms with Gasteiger partial charge in [0.15, 0.2) is 11.5 Å². The number of halogens is 1. The molecule has 0 saturated heterocycles. The van der Waals surface area contributed by atoms with Crippen LogP contribution in [0.25, 0.3) is 11.1 Å². The number of nitrogens with one attached hydrogen (secondary N) is 1. The van der Waals surface area contributed by atoms with Gasteiger partial charge in [0, 0.05) is 38.7 Å². The van der Waals surface area contributed by atoms with Gasteiger partial charge in [-0.1, -0.05) is 29.8 Å². The number of ether oxygens (including phenoxy) is 3. The largest absolute Gasteiger partial charge is 0.493 e. The SMILES string of the molecule is COc1ccc([C@@H]2CC(=O)Nc3c(-c4ccc(Cl)cc4)csc32)c(OC)c1OC. The fraction of sp³-hybridized carbons (Fsp3) is 0.227. The number of fused-ring (bicyclic) bond motifs is 1. The number of carbonyl (C=O) groups is 1. The first-order chi connectivity index (χ1) is 14.1. The lowest BCUT2D eigenvalue weighted by atomic mass is 9.88. The Balaban J connectivity index is 1.85. The van der Waals surface area contributed by atoms with E-state index >= 15 is 0 Å². The van der Waals surface area contributed by atoms with E-state index in [0.29, 0.717) is 28.7 Å². The number of carbonyl (C=O) groups excluding carboxylic acids is 1. The third-order valence-corrected chi connectivity index (χ3v) is 6.40. The normalized spacial score (nSPS) is 15.4. The molecule has 0 radical (unpaired) electrons. The molecular formula is C22H20ClNO4S. The Morgan fingerprint density at radius 2 is 1.72 bits per heavy atom. The molecule has 1 aromatic heterocycles. The van der Waals surface area contributed by atoms with Gasteiger partial charge < -0.3 is 19.5 Å². The number of methoxy groups -OCH3 is 3. The molecule has 5 nitrogen and oxygen atoms in total. The van der Waals surface area contributed by atoms with Crippen molar-refractivity contribution < 1.29 is 19.0 Å². The fourth-order valence-electron chi connectivity index (χ4n) is 3.72. The van der Waals surface area contributed by atoms with Crippen molar-refractivity contribution in [1.29, 1.82) is 0 Å². The Bertz CT molecular complexity index is 1060. The summed E-state index contributed by atoms with van der Waals surface area (Å²) in [5.74, 6) is 1.52. The highest BCUT2D eigenvalue weighted by Gasteiger charge is 2.33. The topological polar surface area (TPSA) is 56.8 Å². The molecule has 1 N–H and O–H groups in total. The van der Waals surface area contributed by atoms with E-state index in [0.717, 1.165) is 27.3 Å². The molecule has 0 spiro atoms. The molecular weight excluding hydrogens is 410 g/mol. The van der Waals surface area contributed by atoms with Crippen LogP contribution in [0.1, 0.15) is 22.8 Å². The zero-order valence-corrected chi connectivity index (χ0v) is 17.8. The molecule has 0 saturated carbocycles. The van der Waals surface area contributed by atoms with E-state index in [1.54, 1.807) is 32.7 Å². The number of rotatable bonds is 5. The van der Waals surface area contributed by atoms with Gasteiger partial charge in [0.05, 0.1) is 27.0 Å². The zero-order valence-electron chi connectivity index (χ0n) is 16.2. The molecule has 0 bridgehead atoms. The van der Waals surface area contributed by atoms with Crippen LogP contribution in [0.3, 0.4) is 0 Å². The second-order valence-electron chi connectivity index (χ2n) is 6.62. The maximum absolute atomic E-state index is 12.6. The van der Waals surface area contributed by atoms with E-state index in [1.165, 1.54) is 0 Å². The van der Waals surface area contributed by atoms with Gasteiger partial charge >= 0.3 is 0 Å². The molecule has 1 aliphatic heterocycles. The number of hydrogen-bond acceptors (Lipinski definition) is 5. The Morgan fingerprint density at radius 1 is 1.00 bits per heavy atom. The fourth-order valence-corrected chi connectivity index (χ4v) is 5.00. The van der Waals surface area contributed by atoms with Crippen LogP contribution in [0.2, 0.25) is 5.02 Å². The second-order valence-corrected chi connectivity index (χ2v) is 7.97. The van der Waals surface area contributed by atoms with Crippen LogP contribution in [0.15, 0.2) is 41.8 Å². The van der Waals surface area contributed by atoms with E-state index in [1.807, 2.05) is 36.4 Å². The molecule has 0 fully saturated rings. The van der Waals surface area contributed by atoms with Gasteiger partial charge in [-0.25, -0.2) is 0 Å². The van der Waals surface area contributed by atoms with Crippen molar-refractivity contribution in [2.45, 2.75) is 12.3 Å². The molecule has 3 aromatic rings. The molecule has 1 aliphatic rings. The number of thiophene rings is 1. The number of benzene rings is 2. The average Bonchev–Trinajstić information content (AvgIpc) is 3.16. The first-order valence-corrected chi connectivity index (χ1v) is 10.3. The minimum absolute atomic E-state index is 0.0343. The van der Waals surface area contributed by atoms with E-state index in [4.69, 9.17) is 25.8 Å². The van der Waals surface area contributed by atoms with Crippen LogP contribution in [0, 0.1) is 0 Å². The van der Waals surface area contributed by atoms with Gasteiger partial charge in [0.2, 0.25) is 11.7 Å². The van der Waals surface area contributed by atoms with Crippen LogP contribution < -0.4 is 19.5 Å². The van der Waals surface area contributed by atoms with Gasteiger partial charge in [0.25, 0.3) is 0 Å². The quantitative estimate of drug-likeness (QED) is 0.576. The van der Waals surface area contributed by atoms with E-state index in [2.05, 4.69) is 10.7 Å². The highest BCUT2D eigenvalue weighted by Crippen LogP contribution is 2.51. The zero-order chi connectivity index (χ0) is 20.5. The molecule has 1 amide bonds. The molecule has 7 heteroatoms. The lowest BCUT2D eigenvalue weighted by Crippen LogP contribution is -2.22. The molecule has 0 unspecified atom stereocenters. The summed E-state index contributed by atoms with van der Waals surface area (Å²) in [6.07, 6.45) is 0.333. The Kier molecular flexibility index (Phi) is 5.39. The first-order valence-electron chi connectivity index (χ1n) is 9.03. The summed E-state index contributed by atoms with van der Waals surface area (Å²) >= 11 is 7.65. The summed E-state index contributed by atoms with van der Waals surface area (Å²) in [5.41, 5.74) is 3.73. The van der Waals surface area contributed by atoms with Crippen molar-refractivity contribution in [3.63, 3.8) is 0 Å². The van der Waals surface area contributed by atoms with Crippen molar-refractivity contribution >= 4 is 34.5 Å². The van der Waals surface area contributed by atoms with Gasteiger partial charge in [-0.15, -0.1) is 11.3 Å². The van der Waals surface area contributed by atoms with Crippen molar-refractivity contribution in [3.05, 3.63) is 57.2 Å². The monoisotopic (exact) mass is 429 g/mol. The Morgan fingerprint density at radius 3 is 2.38 bits per heavy atom. The summed E-state index contributed by atoms with van der Waals surface area (Å²) in [5, 5.41) is 5.80. The summed E-state index contributed by atoms with van der Waals surface area (Å²) in [7, 11) is 4.76. The highest BCUT2D eigenvalue weighted by molar-refractivity contribution is 7.11. The van der Waals surface area contributed by atoms with Crippen molar-refractivity contribution in [3.8, 4) is 28.4 Å². The smallest absolute Gasteiger partial charge is 0.225 e. The molecule has 0 aliphatic carbocycles. The standard InChI is InChI=1S/C22H20ClNO4S/c1-26-17-9-8-14(20(27-2)21(17)28-3)15-10-18(25)24-19-16(11-29-22(15)19)12-4-6-13(23)7-5-12/h4-9,11,15H,10H2,1-3H3,(H,24,25)/t15-/m0/s1. The summed E-state index contributed by atoms with van der Waals surface area (Å²) in [6, 6.07) is 11.4. The number of anilines is 1.